The van der Waals surface area contributed by atoms with Gasteiger partial charge in [-0.2, -0.15) is 5.10 Å². The lowest BCUT2D eigenvalue weighted by Gasteiger charge is -2.11. The monoisotopic (exact) mass is 424 g/mol. The predicted molar refractivity (Wildman–Crippen MR) is 113 cm³/mol. The van der Waals surface area contributed by atoms with Crippen LogP contribution >= 0.6 is 11.8 Å². The minimum atomic E-state index is 0.208. The van der Waals surface area contributed by atoms with Crippen molar-refractivity contribution < 1.29 is 9.47 Å². The molecule has 0 unspecified atom stereocenters. The van der Waals surface area contributed by atoms with Gasteiger partial charge in [-0.15, -0.1) is 0 Å². The number of anilines is 1. The molecule has 1 aliphatic heterocycles. The number of aromatic amines is 1. The van der Waals surface area contributed by atoms with Crippen molar-refractivity contribution in [1.82, 2.24) is 35.0 Å². The fraction of sp³-hybridized carbons (Fsp3) is 0.263. The zero-order valence-electron chi connectivity index (χ0n) is 16.3. The average molecular weight is 424 g/mol. The molecule has 10 nitrogen and oxygen atoms in total. The van der Waals surface area contributed by atoms with Crippen LogP contribution < -0.4 is 20.5 Å². The van der Waals surface area contributed by atoms with Crippen molar-refractivity contribution in [2.75, 3.05) is 25.6 Å². The van der Waals surface area contributed by atoms with Crippen LogP contribution in [-0.4, -0.2) is 49.6 Å². The van der Waals surface area contributed by atoms with Crippen molar-refractivity contribution in [3.8, 4) is 22.8 Å². The highest BCUT2D eigenvalue weighted by Crippen LogP contribution is 2.44. The standard InChI is InChI=1S/C19H20N8O2S/c1-2-21-5-6-27-18-16(17(20)22-9-23-18)25-19(27)30-15-8-14-13(28-10-29-14)7-11(15)12-3-4-24-26-12/h3-4,7-9,21H,2,5-6,10H2,1H3,(H,24,26)(H2,20,22,23). The Morgan fingerprint density at radius 2 is 2.13 bits per heavy atom. The molecule has 0 amide bonds. The molecule has 3 aromatic heterocycles. The highest BCUT2D eigenvalue weighted by Gasteiger charge is 2.22. The van der Waals surface area contributed by atoms with Crippen molar-refractivity contribution in [3.05, 3.63) is 30.7 Å². The van der Waals surface area contributed by atoms with Gasteiger partial charge in [-0.05, 0) is 24.7 Å². The van der Waals surface area contributed by atoms with Gasteiger partial charge in [-0.1, -0.05) is 18.7 Å². The van der Waals surface area contributed by atoms with E-state index in [2.05, 4.69) is 37.0 Å². The van der Waals surface area contributed by atoms with E-state index >= 15 is 0 Å². The van der Waals surface area contributed by atoms with Crippen LogP contribution in [0.5, 0.6) is 11.5 Å². The smallest absolute Gasteiger partial charge is 0.231 e. The van der Waals surface area contributed by atoms with Gasteiger partial charge in [0, 0.05) is 29.7 Å². The quantitative estimate of drug-likeness (QED) is 0.383. The van der Waals surface area contributed by atoms with E-state index in [9.17, 15) is 0 Å². The summed E-state index contributed by atoms with van der Waals surface area (Å²) < 4.78 is 13.2. The summed E-state index contributed by atoms with van der Waals surface area (Å²) in [7, 11) is 0. The van der Waals surface area contributed by atoms with Crippen molar-refractivity contribution >= 4 is 28.7 Å². The second kappa shape index (κ2) is 7.84. The highest BCUT2D eigenvalue weighted by atomic mass is 32.2. The molecule has 0 radical (unpaired) electrons. The van der Waals surface area contributed by atoms with E-state index < -0.39 is 0 Å². The fourth-order valence-corrected chi connectivity index (χ4v) is 4.37. The molecule has 30 heavy (non-hydrogen) atoms. The third-order valence-corrected chi connectivity index (χ3v) is 5.81. The number of imidazole rings is 1. The molecule has 154 valence electrons. The van der Waals surface area contributed by atoms with Crippen LogP contribution in [0.3, 0.4) is 0 Å². The molecular weight excluding hydrogens is 404 g/mol. The van der Waals surface area contributed by atoms with Gasteiger partial charge >= 0.3 is 0 Å². The van der Waals surface area contributed by atoms with Gasteiger partial charge in [-0.25, -0.2) is 15.0 Å². The number of hydrogen-bond donors (Lipinski definition) is 3. The van der Waals surface area contributed by atoms with Crippen LogP contribution in [0.1, 0.15) is 6.92 Å². The van der Waals surface area contributed by atoms with Gasteiger partial charge in [0.25, 0.3) is 0 Å². The third kappa shape index (κ3) is 3.31. The molecule has 0 saturated heterocycles. The van der Waals surface area contributed by atoms with Crippen LogP contribution in [0.2, 0.25) is 0 Å². The van der Waals surface area contributed by atoms with Crippen molar-refractivity contribution in [2.45, 2.75) is 23.5 Å². The number of fused-ring (bicyclic) bond motifs is 2. The van der Waals surface area contributed by atoms with E-state index in [0.717, 1.165) is 34.4 Å². The number of aromatic nitrogens is 6. The van der Waals surface area contributed by atoms with Crippen LogP contribution in [0.4, 0.5) is 5.82 Å². The van der Waals surface area contributed by atoms with Gasteiger partial charge in [0.1, 0.15) is 6.33 Å². The maximum atomic E-state index is 6.07. The predicted octanol–water partition coefficient (Wildman–Crippen LogP) is 2.29. The molecule has 4 aromatic rings. The SMILES string of the molecule is CCNCCn1c(Sc2cc3c(cc2-c2ccn[nH]2)OCO3)nc2c(N)ncnc21. The lowest BCUT2D eigenvalue weighted by molar-refractivity contribution is 0.174. The maximum absolute atomic E-state index is 6.07. The zero-order valence-corrected chi connectivity index (χ0v) is 17.1. The largest absolute Gasteiger partial charge is 0.454 e. The van der Waals surface area contributed by atoms with Crippen LogP contribution in [0, 0.1) is 0 Å². The number of nitrogen functional groups attached to an aromatic ring is 1. The number of benzene rings is 1. The topological polar surface area (TPSA) is 129 Å². The molecule has 4 N–H and O–H groups in total. The number of rotatable bonds is 7. The Kier molecular flexibility index (Phi) is 4.89. The molecule has 0 fully saturated rings. The molecule has 0 atom stereocenters. The first-order valence-electron chi connectivity index (χ1n) is 9.53. The molecule has 11 heteroatoms. The molecule has 0 spiro atoms. The van der Waals surface area contributed by atoms with Gasteiger partial charge in [0.2, 0.25) is 6.79 Å². The molecular formula is C19H20N8O2S. The molecule has 0 saturated carbocycles. The second-order valence-corrected chi connectivity index (χ2v) is 7.61. The first-order valence-corrected chi connectivity index (χ1v) is 10.3. The Morgan fingerprint density at radius 3 is 2.93 bits per heavy atom. The zero-order chi connectivity index (χ0) is 20.5. The van der Waals surface area contributed by atoms with Gasteiger partial charge in [-0.3, -0.25) is 5.10 Å². The fourth-order valence-electron chi connectivity index (χ4n) is 3.30. The molecule has 1 aliphatic rings. The Balaban J connectivity index is 1.60. The number of H-pyrrole nitrogens is 1. The van der Waals surface area contributed by atoms with E-state index in [-0.39, 0.29) is 6.79 Å². The Bertz CT molecular complexity index is 1190. The molecule has 5 rings (SSSR count). The van der Waals surface area contributed by atoms with Gasteiger partial charge in [0.15, 0.2) is 33.6 Å². The van der Waals surface area contributed by atoms with Crippen LogP contribution in [0.25, 0.3) is 22.4 Å². The second-order valence-electron chi connectivity index (χ2n) is 6.60. The average Bonchev–Trinajstić information content (AvgIpc) is 3.48. The summed E-state index contributed by atoms with van der Waals surface area (Å²) in [6.45, 7) is 4.66. The summed E-state index contributed by atoms with van der Waals surface area (Å²) in [6.07, 6.45) is 3.18. The number of nitrogens with zero attached hydrogens (tertiary/aromatic N) is 5. The normalized spacial score (nSPS) is 12.7. The van der Waals surface area contributed by atoms with Gasteiger partial charge in [0.05, 0.1) is 5.69 Å². The van der Waals surface area contributed by atoms with Gasteiger partial charge < -0.3 is 25.1 Å². The lowest BCUT2D eigenvalue weighted by atomic mass is 10.1. The van der Waals surface area contributed by atoms with E-state index in [1.54, 1.807) is 6.20 Å². The lowest BCUT2D eigenvalue weighted by Crippen LogP contribution is -2.19. The minimum absolute atomic E-state index is 0.208. The summed E-state index contributed by atoms with van der Waals surface area (Å²) in [5.41, 5.74) is 9.21. The third-order valence-electron chi connectivity index (χ3n) is 4.75. The summed E-state index contributed by atoms with van der Waals surface area (Å²) in [5, 5.41) is 11.2. The Hall–Kier alpha value is -3.31. The molecule has 0 bridgehead atoms. The number of nitrogens with one attached hydrogen (secondary N) is 2. The van der Waals surface area contributed by atoms with Crippen molar-refractivity contribution in [2.24, 2.45) is 0 Å². The van der Waals surface area contributed by atoms with E-state index in [1.807, 2.05) is 18.2 Å². The molecule has 1 aromatic carbocycles. The number of hydrogen-bond acceptors (Lipinski definition) is 9. The first kappa shape index (κ1) is 18.7. The highest BCUT2D eigenvalue weighted by molar-refractivity contribution is 7.99. The Morgan fingerprint density at radius 1 is 1.27 bits per heavy atom. The molecule has 0 aliphatic carbocycles. The van der Waals surface area contributed by atoms with E-state index in [4.69, 9.17) is 20.2 Å². The van der Waals surface area contributed by atoms with Crippen molar-refractivity contribution in [1.29, 1.82) is 0 Å². The van der Waals surface area contributed by atoms with Crippen LogP contribution in [-0.2, 0) is 6.54 Å². The Labute approximate surface area is 176 Å². The van der Waals surface area contributed by atoms with E-state index in [1.165, 1.54) is 18.1 Å². The van der Waals surface area contributed by atoms with Crippen LogP contribution in [0.15, 0.2) is 40.8 Å². The molecule has 4 heterocycles. The summed E-state index contributed by atoms with van der Waals surface area (Å²) >= 11 is 1.51. The maximum Gasteiger partial charge on any atom is 0.231 e. The number of ether oxygens (including phenoxy) is 2. The first-order chi connectivity index (χ1) is 14.7. The number of nitrogens with two attached hydrogens (primary N) is 1. The minimum Gasteiger partial charge on any atom is -0.454 e. The van der Waals surface area contributed by atoms with Crippen molar-refractivity contribution in [3.63, 3.8) is 0 Å². The summed E-state index contributed by atoms with van der Waals surface area (Å²) in [5.74, 6) is 1.78. The summed E-state index contributed by atoms with van der Waals surface area (Å²) in [6, 6.07) is 5.84. The van der Waals surface area contributed by atoms with E-state index in [0.29, 0.717) is 35.0 Å². The number of likely N-dealkylation sites (N-methyl/N-ethyl adjacent to an activating group) is 1. The summed E-state index contributed by atoms with van der Waals surface area (Å²) in [4.78, 5) is 14.2.